The molecule has 10 atom stereocenters. The predicted molar refractivity (Wildman–Crippen MR) is 200 cm³/mol. The van der Waals surface area contributed by atoms with E-state index in [1.807, 2.05) is 0 Å². The van der Waals surface area contributed by atoms with Crippen LogP contribution in [0.1, 0.15) is 53.4 Å². The van der Waals surface area contributed by atoms with Crippen LogP contribution in [0.15, 0.2) is 0 Å². The fourth-order valence-corrected chi connectivity index (χ4v) is 4.86. The van der Waals surface area contributed by atoms with Crippen molar-refractivity contribution >= 4 is 78.4 Å². The van der Waals surface area contributed by atoms with Gasteiger partial charge in [0.25, 0.3) is 0 Å². The van der Waals surface area contributed by atoms with Crippen LogP contribution in [0, 0.1) is 0 Å². The van der Waals surface area contributed by atoms with Gasteiger partial charge in [-0.05, 0) is 47.1 Å². The normalized spacial score (nSPS) is 16.6. The maximum Gasteiger partial charge on any atom is 0.245 e. The van der Waals surface area contributed by atoms with Crippen molar-refractivity contribution in [2.24, 2.45) is 22.9 Å². The highest BCUT2D eigenvalue weighted by Crippen LogP contribution is 2.04. The molecular formula is C30H55N11O11S2. The van der Waals surface area contributed by atoms with Gasteiger partial charge < -0.3 is 70.4 Å². The fourth-order valence-electron chi connectivity index (χ4n) is 4.35. The minimum atomic E-state index is -1.78. The van der Waals surface area contributed by atoms with Crippen molar-refractivity contribution in [2.45, 2.75) is 114 Å². The zero-order valence-electron chi connectivity index (χ0n) is 30.5. The number of hydrogen-bond acceptors (Lipinski definition) is 15. The number of aliphatic hydroxyl groups is 2. The van der Waals surface area contributed by atoms with Gasteiger partial charge in [0, 0.05) is 11.5 Å². The molecule has 0 aromatic carbocycles. The number of hydrogen-bond donors (Lipinski definition) is 15. The topological polar surface area (TPSA) is 382 Å². The number of carbonyl (C=O) groups excluding carboxylic acids is 9. The molecule has 0 aliphatic heterocycles. The molecule has 0 radical (unpaired) electrons. The first kappa shape index (κ1) is 49.8. The number of rotatable bonds is 25. The van der Waals surface area contributed by atoms with Crippen LogP contribution in [0.3, 0.4) is 0 Å². The molecule has 0 saturated carbocycles. The second kappa shape index (κ2) is 25.0. The van der Waals surface area contributed by atoms with Crippen LogP contribution in [0.2, 0.25) is 0 Å². The number of amides is 9. The van der Waals surface area contributed by atoms with E-state index in [0.29, 0.717) is 19.4 Å². The molecule has 17 N–H and O–H groups in total. The molecule has 0 aromatic rings. The SMILES string of the molecule is C[C@H](NC(=O)[C@H](CS)NC(=O)[C@@H](NC(=O)[C@H](C)NC(=O)[C@@H](NC(=O)[C@H](CC(N)=O)NC(=O)[C@H](CS)NC(=O)[C@@H](N)CCCCN)[C@@H](C)O)[C@@H](C)O)C(N)=O. The lowest BCUT2D eigenvalue weighted by Crippen LogP contribution is -2.62. The molecule has 0 aliphatic rings. The number of primary amides is 2. The number of carbonyl (C=O) groups is 9. The number of aliphatic hydroxyl groups excluding tert-OH is 2. The molecule has 9 amide bonds. The molecule has 0 bridgehead atoms. The Morgan fingerprint density at radius 3 is 1.41 bits per heavy atom. The van der Waals surface area contributed by atoms with Gasteiger partial charge in [-0.3, -0.25) is 43.2 Å². The monoisotopic (exact) mass is 809 g/mol. The Labute approximate surface area is 323 Å². The lowest BCUT2D eigenvalue weighted by atomic mass is 10.1. The number of thiol groups is 2. The van der Waals surface area contributed by atoms with Crippen molar-refractivity contribution in [1.82, 2.24) is 37.2 Å². The third-order valence-corrected chi connectivity index (χ3v) is 8.37. The summed E-state index contributed by atoms with van der Waals surface area (Å²) in [5.41, 5.74) is 21.7. The van der Waals surface area contributed by atoms with Gasteiger partial charge in [0.15, 0.2) is 0 Å². The molecule has 0 fully saturated rings. The third kappa shape index (κ3) is 17.7. The Hall–Kier alpha value is -4.23. The lowest BCUT2D eigenvalue weighted by Gasteiger charge is -2.28. The second-order valence-corrected chi connectivity index (χ2v) is 13.2. The van der Waals surface area contributed by atoms with E-state index < -0.39 is 120 Å². The van der Waals surface area contributed by atoms with Crippen molar-refractivity contribution in [3.05, 3.63) is 0 Å². The highest BCUT2D eigenvalue weighted by atomic mass is 32.1. The van der Waals surface area contributed by atoms with E-state index in [-0.39, 0.29) is 17.9 Å². The largest absolute Gasteiger partial charge is 0.391 e. The van der Waals surface area contributed by atoms with Gasteiger partial charge in [0.2, 0.25) is 53.2 Å². The second-order valence-electron chi connectivity index (χ2n) is 12.4. The van der Waals surface area contributed by atoms with Crippen LogP contribution < -0.4 is 60.2 Å². The first-order chi connectivity index (χ1) is 25.1. The molecular weight excluding hydrogens is 755 g/mol. The summed E-state index contributed by atoms with van der Waals surface area (Å²) >= 11 is 8.06. The van der Waals surface area contributed by atoms with Gasteiger partial charge >= 0.3 is 0 Å². The Bertz CT molecular complexity index is 1340. The Balaban J connectivity index is 5.72. The average molecular weight is 810 g/mol. The average Bonchev–Trinajstić information content (AvgIpc) is 3.08. The minimum Gasteiger partial charge on any atom is -0.391 e. The van der Waals surface area contributed by atoms with E-state index in [4.69, 9.17) is 22.9 Å². The van der Waals surface area contributed by atoms with Crippen molar-refractivity contribution in [3.63, 3.8) is 0 Å². The number of unbranched alkanes of at least 4 members (excludes halogenated alkanes) is 1. The van der Waals surface area contributed by atoms with Crippen LogP contribution in [0.5, 0.6) is 0 Å². The maximum atomic E-state index is 13.2. The van der Waals surface area contributed by atoms with E-state index in [0.717, 1.165) is 13.8 Å². The summed E-state index contributed by atoms with van der Waals surface area (Å²) in [6, 6.07) is -11.3. The summed E-state index contributed by atoms with van der Waals surface area (Å²) in [6.07, 6.45) is -2.43. The highest BCUT2D eigenvalue weighted by Gasteiger charge is 2.35. The fraction of sp³-hybridized carbons (Fsp3) is 0.700. The zero-order chi connectivity index (χ0) is 41.9. The van der Waals surface area contributed by atoms with Gasteiger partial charge in [0.1, 0.15) is 42.3 Å². The van der Waals surface area contributed by atoms with Crippen LogP contribution >= 0.6 is 25.3 Å². The molecule has 0 saturated heterocycles. The number of nitrogens with one attached hydrogen (secondary N) is 7. The van der Waals surface area contributed by atoms with Gasteiger partial charge in [-0.25, -0.2) is 0 Å². The predicted octanol–water partition coefficient (Wildman–Crippen LogP) is -7.14. The summed E-state index contributed by atoms with van der Waals surface area (Å²) in [7, 11) is 0. The summed E-state index contributed by atoms with van der Waals surface area (Å²) in [6.45, 7) is 5.16. The number of nitrogens with two attached hydrogens (primary N) is 4. The molecule has 0 unspecified atom stereocenters. The van der Waals surface area contributed by atoms with Gasteiger partial charge in [0.05, 0.1) is 24.7 Å². The van der Waals surface area contributed by atoms with Crippen LogP contribution in [-0.2, 0) is 43.2 Å². The van der Waals surface area contributed by atoms with Crippen LogP contribution in [0.25, 0.3) is 0 Å². The first-order valence-corrected chi connectivity index (χ1v) is 18.1. The lowest BCUT2D eigenvalue weighted by molar-refractivity contribution is -0.137. The standard InChI is InChI=1S/C30H55N11O11S2/c1-12(23(34)45)35-27(49)18(10-53)39-30(52)22(15(4)43)40-24(46)13(2)36-29(51)21(14(3)42)41-26(48)17(9-20(33)44)37-28(50)19(11-54)38-25(47)16(32)7-5-6-8-31/h12-19,21-22,42-43,53-54H,5-11,31-32H2,1-4H3,(H2,33,44)(H2,34,45)(H,35,49)(H,36,51)(H,37,50)(H,38,47)(H,39,52)(H,40,46)(H,41,48)/t12-,13-,14+,15+,16-,17-,18-,19-,21-,22-/m0/s1. The molecule has 308 valence electrons. The first-order valence-electron chi connectivity index (χ1n) is 16.8. The molecule has 0 aromatic heterocycles. The quantitative estimate of drug-likeness (QED) is 0.0302. The van der Waals surface area contributed by atoms with Gasteiger partial charge in [-0.15, -0.1) is 0 Å². The molecule has 22 nitrogen and oxygen atoms in total. The molecule has 54 heavy (non-hydrogen) atoms. The van der Waals surface area contributed by atoms with Gasteiger partial charge in [-0.2, -0.15) is 25.3 Å². The summed E-state index contributed by atoms with van der Waals surface area (Å²) in [5.74, 6) is -9.14. The van der Waals surface area contributed by atoms with Crippen molar-refractivity contribution in [3.8, 4) is 0 Å². The van der Waals surface area contributed by atoms with E-state index in [2.05, 4.69) is 62.5 Å². The van der Waals surface area contributed by atoms with Crippen molar-refractivity contribution in [1.29, 1.82) is 0 Å². The minimum absolute atomic E-state index is 0.240. The summed E-state index contributed by atoms with van der Waals surface area (Å²) in [5, 5.41) is 36.4. The van der Waals surface area contributed by atoms with E-state index in [1.54, 1.807) is 0 Å². The molecule has 24 heteroatoms. The van der Waals surface area contributed by atoms with Gasteiger partial charge in [-0.1, -0.05) is 6.42 Å². The van der Waals surface area contributed by atoms with E-state index in [9.17, 15) is 53.4 Å². The molecule has 0 rings (SSSR count). The molecule has 0 spiro atoms. The van der Waals surface area contributed by atoms with Crippen LogP contribution in [-0.4, -0.2) is 142 Å². The molecule has 0 aliphatic carbocycles. The highest BCUT2D eigenvalue weighted by molar-refractivity contribution is 7.80. The maximum absolute atomic E-state index is 13.2. The smallest absolute Gasteiger partial charge is 0.245 e. The van der Waals surface area contributed by atoms with Crippen molar-refractivity contribution < 1.29 is 53.4 Å². The Morgan fingerprint density at radius 2 is 0.963 bits per heavy atom. The summed E-state index contributed by atoms with van der Waals surface area (Å²) < 4.78 is 0. The van der Waals surface area contributed by atoms with Crippen LogP contribution in [0.4, 0.5) is 0 Å². The Morgan fingerprint density at radius 1 is 0.556 bits per heavy atom. The van der Waals surface area contributed by atoms with Crippen molar-refractivity contribution in [2.75, 3.05) is 18.1 Å². The van der Waals surface area contributed by atoms with E-state index >= 15 is 0 Å². The third-order valence-electron chi connectivity index (χ3n) is 7.64. The van der Waals surface area contributed by atoms with E-state index in [1.165, 1.54) is 13.8 Å². The summed E-state index contributed by atoms with van der Waals surface area (Å²) in [4.78, 5) is 113. The zero-order valence-corrected chi connectivity index (χ0v) is 32.3. The Kier molecular flexibility index (Phi) is 23.0. The molecule has 0 heterocycles.